The van der Waals surface area contributed by atoms with Gasteiger partial charge in [-0.3, -0.25) is 9.59 Å². The number of amides is 2. The van der Waals surface area contributed by atoms with E-state index in [1.54, 1.807) is 11.9 Å². The minimum Gasteiger partial charge on any atom is -0.346 e. The predicted octanol–water partition coefficient (Wildman–Crippen LogP) is 3.02. The maximum absolute atomic E-state index is 13.1. The monoisotopic (exact) mass is 368 g/mol. The number of nitrogens with zero attached hydrogens (tertiary/aromatic N) is 3. The molecule has 0 bridgehead atoms. The van der Waals surface area contributed by atoms with Crippen LogP contribution in [-0.2, 0) is 19.5 Å². The average molecular weight is 368 g/mol. The van der Waals surface area contributed by atoms with Crippen LogP contribution in [-0.4, -0.2) is 38.9 Å². The van der Waals surface area contributed by atoms with Crippen LogP contribution in [0.3, 0.4) is 0 Å². The van der Waals surface area contributed by atoms with Crippen LogP contribution in [0, 0.1) is 0 Å². The third-order valence-corrected chi connectivity index (χ3v) is 4.62. The van der Waals surface area contributed by atoms with E-state index in [1.807, 2.05) is 55.7 Å². The van der Waals surface area contributed by atoms with Crippen molar-refractivity contribution >= 4 is 11.8 Å². The quantitative estimate of drug-likeness (QED) is 0.902. The van der Waals surface area contributed by atoms with Gasteiger partial charge in [-0.15, -0.1) is 0 Å². The van der Waals surface area contributed by atoms with Crippen LogP contribution >= 0.6 is 0 Å². The summed E-state index contributed by atoms with van der Waals surface area (Å²) in [5, 5.41) is 2.97. The zero-order valence-corrected chi connectivity index (χ0v) is 16.6. The van der Waals surface area contributed by atoms with Crippen molar-refractivity contribution in [2.45, 2.75) is 58.7 Å². The largest absolute Gasteiger partial charge is 0.346 e. The topological polar surface area (TPSA) is 67.2 Å². The molecule has 1 aromatic carbocycles. The lowest BCUT2D eigenvalue weighted by Crippen LogP contribution is -2.41. The number of carbonyl (C=O) groups is 2. The number of imidazole rings is 1. The van der Waals surface area contributed by atoms with Crippen molar-refractivity contribution in [3.8, 4) is 0 Å². The lowest BCUT2D eigenvalue weighted by Gasteiger charge is -2.21. The molecule has 0 saturated carbocycles. The Kier molecular flexibility index (Phi) is 5.35. The molecule has 6 nitrogen and oxygen atoms in total. The first kappa shape index (κ1) is 19.1. The first-order valence-corrected chi connectivity index (χ1v) is 9.47. The normalized spacial score (nSPS) is 13.8. The summed E-state index contributed by atoms with van der Waals surface area (Å²) in [6, 6.07) is 9.86. The lowest BCUT2D eigenvalue weighted by molar-refractivity contribution is 0.0766. The minimum atomic E-state index is -0.351. The Morgan fingerprint density at radius 2 is 1.89 bits per heavy atom. The smallest absolute Gasteiger partial charge is 0.289 e. The molecule has 0 saturated heterocycles. The molecule has 1 aromatic heterocycles. The van der Waals surface area contributed by atoms with E-state index in [9.17, 15) is 9.59 Å². The Balaban J connectivity index is 1.88. The van der Waals surface area contributed by atoms with Crippen molar-refractivity contribution in [3.63, 3.8) is 0 Å². The summed E-state index contributed by atoms with van der Waals surface area (Å²) in [7, 11) is 1.77. The highest BCUT2D eigenvalue weighted by Crippen LogP contribution is 2.23. The van der Waals surface area contributed by atoms with E-state index >= 15 is 0 Å². The molecular weight excluding hydrogens is 340 g/mol. The van der Waals surface area contributed by atoms with Gasteiger partial charge in [0.25, 0.3) is 11.8 Å². The molecule has 0 atom stereocenters. The van der Waals surface area contributed by atoms with Crippen molar-refractivity contribution < 1.29 is 9.59 Å². The molecule has 0 radical (unpaired) electrons. The zero-order chi connectivity index (χ0) is 19.6. The number of hydrogen-bond donors (Lipinski definition) is 1. The van der Waals surface area contributed by atoms with Crippen LogP contribution in [0.1, 0.15) is 66.0 Å². The van der Waals surface area contributed by atoms with Gasteiger partial charge in [0, 0.05) is 25.7 Å². The van der Waals surface area contributed by atoms with E-state index in [0.717, 1.165) is 37.1 Å². The van der Waals surface area contributed by atoms with E-state index < -0.39 is 0 Å². The molecule has 0 fully saturated rings. The van der Waals surface area contributed by atoms with Gasteiger partial charge in [0.1, 0.15) is 5.69 Å². The Bertz CT molecular complexity index is 834. The van der Waals surface area contributed by atoms with Gasteiger partial charge in [-0.25, -0.2) is 4.98 Å². The first-order valence-electron chi connectivity index (χ1n) is 9.47. The molecule has 27 heavy (non-hydrogen) atoms. The fourth-order valence-corrected chi connectivity index (χ4v) is 3.39. The highest BCUT2D eigenvalue weighted by atomic mass is 16.2. The van der Waals surface area contributed by atoms with Crippen LogP contribution in [0.25, 0.3) is 0 Å². The van der Waals surface area contributed by atoms with E-state index in [2.05, 4.69) is 10.3 Å². The summed E-state index contributed by atoms with van der Waals surface area (Å²) in [6.45, 7) is 7.05. The van der Waals surface area contributed by atoms with Gasteiger partial charge < -0.3 is 14.8 Å². The van der Waals surface area contributed by atoms with Crippen molar-refractivity contribution in [2.24, 2.45) is 0 Å². The summed E-state index contributed by atoms with van der Waals surface area (Å²) >= 11 is 0. The Morgan fingerprint density at radius 1 is 1.19 bits per heavy atom. The summed E-state index contributed by atoms with van der Waals surface area (Å²) in [6.07, 6.45) is 2.77. The van der Waals surface area contributed by atoms with Gasteiger partial charge in [0.15, 0.2) is 5.82 Å². The summed E-state index contributed by atoms with van der Waals surface area (Å²) in [5.41, 5.74) is 1.97. The average Bonchev–Trinajstić information content (AvgIpc) is 3.00. The van der Waals surface area contributed by atoms with E-state index in [4.69, 9.17) is 0 Å². The molecule has 6 heteroatoms. The Morgan fingerprint density at radius 3 is 2.56 bits per heavy atom. The van der Waals surface area contributed by atoms with E-state index in [0.29, 0.717) is 18.1 Å². The molecule has 2 amide bonds. The molecule has 0 unspecified atom stereocenters. The molecule has 0 aliphatic carbocycles. The van der Waals surface area contributed by atoms with E-state index in [1.165, 1.54) is 0 Å². The van der Waals surface area contributed by atoms with Crippen LogP contribution in [0.4, 0.5) is 0 Å². The maximum Gasteiger partial charge on any atom is 0.289 e. The Labute approximate surface area is 160 Å². The third-order valence-electron chi connectivity index (χ3n) is 4.62. The number of aromatic nitrogens is 2. The van der Waals surface area contributed by atoms with E-state index in [-0.39, 0.29) is 17.4 Å². The van der Waals surface area contributed by atoms with Crippen LogP contribution in [0.5, 0.6) is 0 Å². The second kappa shape index (κ2) is 7.55. The lowest BCUT2D eigenvalue weighted by atomic mass is 10.1. The third kappa shape index (κ3) is 4.38. The van der Waals surface area contributed by atoms with Crippen LogP contribution in [0.2, 0.25) is 0 Å². The highest BCUT2D eigenvalue weighted by Gasteiger charge is 2.30. The van der Waals surface area contributed by atoms with Gasteiger partial charge in [0.05, 0.1) is 5.69 Å². The number of hydrogen-bond acceptors (Lipinski definition) is 3. The van der Waals surface area contributed by atoms with Gasteiger partial charge in [-0.1, -0.05) is 30.3 Å². The zero-order valence-electron chi connectivity index (χ0n) is 16.6. The predicted molar refractivity (Wildman–Crippen MR) is 105 cm³/mol. The van der Waals surface area contributed by atoms with Crippen molar-refractivity contribution in [1.82, 2.24) is 19.8 Å². The fourth-order valence-electron chi connectivity index (χ4n) is 3.39. The standard InChI is InChI=1S/C21H28N4O2/c1-21(2,3)23-19(26)17-16-12-8-9-13-25(16)18(22-17)20(27)24(4)14-15-10-6-5-7-11-15/h5-7,10-11H,8-9,12-14H2,1-4H3,(H,23,26). The molecular formula is C21H28N4O2. The number of fused-ring (bicyclic) bond motifs is 1. The second-order valence-corrected chi connectivity index (χ2v) is 8.19. The molecule has 144 valence electrons. The number of benzene rings is 1. The SMILES string of the molecule is CN(Cc1ccccc1)C(=O)c1nc(C(=O)NC(C)(C)C)c2n1CCCC2. The fraction of sp³-hybridized carbons (Fsp3) is 0.476. The van der Waals surface area contributed by atoms with Gasteiger partial charge in [-0.2, -0.15) is 0 Å². The van der Waals surface area contributed by atoms with Crippen LogP contribution < -0.4 is 5.32 Å². The summed E-state index contributed by atoms with van der Waals surface area (Å²) in [4.78, 5) is 31.9. The van der Waals surface area contributed by atoms with Gasteiger partial charge in [-0.05, 0) is 45.6 Å². The molecule has 2 aromatic rings. The maximum atomic E-state index is 13.1. The molecule has 2 heterocycles. The second-order valence-electron chi connectivity index (χ2n) is 8.19. The molecule has 3 rings (SSSR count). The summed E-state index contributed by atoms with van der Waals surface area (Å²) in [5.74, 6) is -0.00286. The van der Waals surface area contributed by atoms with Crippen LogP contribution in [0.15, 0.2) is 30.3 Å². The Hall–Kier alpha value is -2.63. The highest BCUT2D eigenvalue weighted by molar-refractivity contribution is 5.97. The number of nitrogens with one attached hydrogen (secondary N) is 1. The minimum absolute atomic E-state index is 0.156. The van der Waals surface area contributed by atoms with Crippen molar-refractivity contribution in [1.29, 1.82) is 0 Å². The first-order chi connectivity index (χ1) is 12.8. The summed E-state index contributed by atoms with van der Waals surface area (Å²) < 4.78 is 1.94. The van der Waals surface area contributed by atoms with Gasteiger partial charge in [0.2, 0.25) is 0 Å². The van der Waals surface area contributed by atoms with Gasteiger partial charge >= 0.3 is 0 Å². The molecule has 1 N–H and O–H groups in total. The molecule has 0 spiro atoms. The number of carbonyl (C=O) groups excluding carboxylic acids is 2. The number of rotatable bonds is 4. The van der Waals surface area contributed by atoms with Crippen molar-refractivity contribution in [2.75, 3.05) is 7.05 Å². The molecule has 1 aliphatic rings. The molecule has 1 aliphatic heterocycles. The van der Waals surface area contributed by atoms with Crippen molar-refractivity contribution in [3.05, 3.63) is 53.1 Å².